The fraction of sp³-hybridized carbons (Fsp3) is 0.286. The lowest BCUT2D eigenvalue weighted by Gasteiger charge is -2.08. The third-order valence-electron chi connectivity index (χ3n) is 2.73. The van der Waals surface area contributed by atoms with Crippen LogP contribution < -0.4 is 10.5 Å². The van der Waals surface area contributed by atoms with Crippen molar-refractivity contribution in [3.63, 3.8) is 0 Å². The largest absolute Gasteiger partial charge is 0.488 e. The van der Waals surface area contributed by atoms with Gasteiger partial charge in [-0.15, -0.1) is 11.8 Å². The summed E-state index contributed by atoms with van der Waals surface area (Å²) < 4.78 is 11.3. The smallest absolute Gasteiger partial charge is 0.133 e. The second-order valence-electron chi connectivity index (χ2n) is 3.94. The summed E-state index contributed by atoms with van der Waals surface area (Å²) in [6.45, 7) is 2.85. The zero-order valence-electron chi connectivity index (χ0n) is 10.6. The number of ether oxygens (including phenoxy) is 1. The van der Waals surface area contributed by atoms with Crippen molar-refractivity contribution in [3.05, 3.63) is 47.4 Å². The van der Waals surface area contributed by atoms with Gasteiger partial charge >= 0.3 is 0 Å². The number of hydrogen-bond acceptors (Lipinski definition) is 4. The van der Waals surface area contributed by atoms with E-state index in [0.29, 0.717) is 13.2 Å². The van der Waals surface area contributed by atoms with Crippen LogP contribution in [0.15, 0.2) is 39.6 Å². The molecule has 2 aromatic rings. The van der Waals surface area contributed by atoms with E-state index >= 15 is 0 Å². The number of thioether (sulfide) groups is 1. The summed E-state index contributed by atoms with van der Waals surface area (Å²) in [6, 6.07) is 9.96. The van der Waals surface area contributed by atoms with Gasteiger partial charge in [-0.2, -0.15) is 0 Å². The van der Waals surface area contributed by atoms with Gasteiger partial charge in [0.15, 0.2) is 0 Å². The van der Waals surface area contributed by atoms with E-state index < -0.39 is 0 Å². The van der Waals surface area contributed by atoms with Crippen molar-refractivity contribution in [2.24, 2.45) is 5.73 Å². The van der Waals surface area contributed by atoms with Crippen LogP contribution in [-0.2, 0) is 13.2 Å². The molecule has 0 aliphatic heterocycles. The molecular formula is C14H17NO2S. The molecule has 18 heavy (non-hydrogen) atoms. The Morgan fingerprint density at radius 1 is 1.33 bits per heavy atom. The number of aryl methyl sites for hydroxylation is 1. The van der Waals surface area contributed by atoms with Crippen molar-refractivity contribution in [1.82, 2.24) is 0 Å². The van der Waals surface area contributed by atoms with Gasteiger partial charge in [-0.1, -0.05) is 12.1 Å². The molecule has 0 saturated heterocycles. The lowest BCUT2D eigenvalue weighted by atomic mass is 10.2. The molecule has 3 nitrogen and oxygen atoms in total. The van der Waals surface area contributed by atoms with Gasteiger partial charge in [0.05, 0.1) is 6.54 Å². The topological polar surface area (TPSA) is 48.4 Å². The van der Waals surface area contributed by atoms with Gasteiger partial charge in [0.25, 0.3) is 0 Å². The quantitative estimate of drug-likeness (QED) is 0.840. The van der Waals surface area contributed by atoms with Crippen LogP contribution in [-0.4, -0.2) is 6.26 Å². The first-order chi connectivity index (χ1) is 8.74. The summed E-state index contributed by atoms with van der Waals surface area (Å²) in [5.41, 5.74) is 6.59. The Balaban J connectivity index is 2.08. The molecule has 1 aromatic carbocycles. The fourth-order valence-corrected chi connectivity index (χ4v) is 2.27. The summed E-state index contributed by atoms with van der Waals surface area (Å²) in [4.78, 5) is 1.14. The van der Waals surface area contributed by atoms with Crippen molar-refractivity contribution in [1.29, 1.82) is 0 Å². The number of benzene rings is 1. The summed E-state index contributed by atoms with van der Waals surface area (Å²) in [5, 5.41) is 0. The third kappa shape index (κ3) is 2.89. The van der Waals surface area contributed by atoms with Crippen LogP contribution >= 0.6 is 11.8 Å². The molecule has 0 saturated carbocycles. The third-order valence-corrected chi connectivity index (χ3v) is 3.50. The zero-order valence-corrected chi connectivity index (χ0v) is 11.4. The van der Waals surface area contributed by atoms with Gasteiger partial charge in [0.1, 0.15) is 23.9 Å². The van der Waals surface area contributed by atoms with Crippen molar-refractivity contribution >= 4 is 11.8 Å². The van der Waals surface area contributed by atoms with Crippen molar-refractivity contribution in [3.8, 4) is 5.75 Å². The Morgan fingerprint density at radius 3 is 2.78 bits per heavy atom. The van der Waals surface area contributed by atoms with E-state index in [4.69, 9.17) is 14.9 Å². The predicted molar refractivity (Wildman–Crippen MR) is 73.9 cm³/mol. The minimum absolute atomic E-state index is 0.419. The SMILES string of the molecule is CSc1ccccc1OCc1cc(CN)oc1C. The number of nitrogens with two attached hydrogens (primary N) is 1. The Labute approximate surface area is 111 Å². The molecule has 0 bridgehead atoms. The molecule has 1 heterocycles. The molecule has 0 atom stereocenters. The van der Waals surface area contributed by atoms with E-state index in [1.54, 1.807) is 11.8 Å². The molecule has 0 unspecified atom stereocenters. The average Bonchev–Trinajstić information content (AvgIpc) is 2.77. The number of furan rings is 1. The summed E-state index contributed by atoms with van der Waals surface area (Å²) >= 11 is 1.68. The molecule has 0 aliphatic carbocycles. The zero-order chi connectivity index (χ0) is 13.0. The molecule has 0 amide bonds. The van der Waals surface area contributed by atoms with Crippen LogP contribution in [0.25, 0.3) is 0 Å². The molecule has 2 rings (SSSR count). The first kappa shape index (κ1) is 13.1. The van der Waals surface area contributed by atoms with Crippen LogP contribution in [0.3, 0.4) is 0 Å². The van der Waals surface area contributed by atoms with Crippen molar-refractivity contribution in [2.75, 3.05) is 6.26 Å². The van der Waals surface area contributed by atoms with Gasteiger partial charge in [0.2, 0.25) is 0 Å². The minimum Gasteiger partial charge on any atom is -0.488 e. The fourth-order valence-electron chi connectivity index (χ4n) is 1.73. The maximum atomic E-state index is 5.83. The van der Waals surface area contributed by atoms with E-state index in [1.165, 1.54) is 0 Å². The van der Waals surface area contributed by atoms with E-state index in [-0.39, 0.29) is 0 Å². The summed E-state index contributed by atoms with van der Waals surface area (Å²) in [7, 11) is 0. The van der Waals surface area contributed by atoms with Crippen molar-refractivity contribution in [2.45, 2.75) is 25.0 Å². The first-order valence-corrected chi connectivity index (χ1v) is 7.01. The molecule has 96 valence electrons. The lowest BCUT2D eigenvalue weighted by Crippen LogP contribution is -1.97. The normalized spacial score (nSPS) is 10.6. The van der Waals surface area contributed by atoms with E-state index in [9.17, 15) is 0 Å². The highest BCUT2D eigenvalue weighted by atomic mass is 32.2. The Morgan fingerprint density at radius 2 is 2.11 bits per heavy atom. The second-order valence-corrected chi connectivity index (χ2v) is 4.79. The van der Waals surface area contributed by atoms with Gasteiger partial charge in [0, 0.05) is 10.5 Å². The van der Waals surface area contributed by atoms with Crippen LogP contribution in [0.1, 0.15) is 17.1 Å². The summed E-state index contributed by atoms with van der Waals surface area (Å²) in [6.07, 6.45) is 2.04. The second kappa shape index (κ2) is 5.98. The van der Waals surface area contributed by atoms with Crippen LogP contribution in [0.4, 0.5) is 0 Å². The molecule has 4 heteroatoms. The first-order valence-electron chi connectivity index (χ1n) is 5.78. The molecule has 0 radical (unpaired) electrons. The number of para-hydroxylation sites is 1. The predicted octanol–water partition coefficient (Wildman–Crippen LogP) is 3.35. The Kier molecular flexibility index (Phi) is 4.33. The van der Waals surface area contributed by atoms with Crippen LogP contribution in [0, 0.1) is 6.92 Å². The minimum atomic E-state index is 0.419. The highest BCUT2D eigenvalue weighted by Gasteiger charge is 2.08. The van der Waals surface area contributed by atoms with Crippen LogP contribution in [0.2, 0.25) is 0 Å². The molecular weight excluding hydrogens is 246 g/mol. The van der Waals surface area contributed by atoms with Gasteiger partial charge in [-0.05, 0) is 31.4 Å². The maximum Gasteiger partial charge on any atom is 0.133 e. The highest BCUT2D eigenvalue weighted by Crippen LogP contribution is 2.28. The average molecular weight is 263 g/mol. The van der Waals surface area contributed by atoms with E-state index in [1.807, 2.05) is 43.5 Å². The monoisotopic (exact) mass is 263 g/mol. The Bertz CT molecular complexity index is 522. The molecule has 1 aromatic heterocycles. The Hall–Kier alpha value is -1.39. The maximum absolute atomic E-state index is 5.83. The molecule has 0 fully saturated rings. The van der Waals surface area contributed by atoms with Crippen molar-refractivity contribution < 1.29 is 9.15 Å². The summed E-state index contributed by atoms with van der Waals surface area (Å²) in [5.74, 6) is 2.57. The standard InChI is InChI=1S/C14H17NO2S/c1-10-11(7-12(8-15)17-10)9-16-13-5-3-4-6-14(13)18-2/h3-7H,8-9,15H2,1-2H3. The highest BCUT2D eigenvalue weighted by molar-refractivity contribution is 7.98. The van der Waals surface area contributed by atoms with Gasteiger partial charge in [-0.25, -0.2) is 0 Å². The number of hydrogen-bond donors (Lipinski definition) is 1. The molecule has 0 spiro atoms. The molecule has 2 N–H and O–H groups in total. The number of rotatable bonds is 5. The van der Waals surface area contributed by atoms with E-state index in [2.05, 4.69) is 0 Å². The molecule has 0 aliphatic rings. The van der Waals surface area contributed by atoms with Gasteiger partial charge < -0.3 is 14.9 Å². The van der Waals surface area contributed by atoms with E-state index in [0.717, 1.165) is 27.7 Å². The van der Waals surface area contributed by atoms with Gasteiger partial charge in [-0.3, -0.25) is 0 Å². The lowest BCUT2D eigenvalue weighted by molar-refractivity contribution is 0.296. The van der Waals surface area contributed by atoms with Crippen LogP contribution in [0.5, 0.6) is 5.75 Å².